The fourth-order valence-corrected chi connectivity index (χ4v) is 3.85. The van der Waals surface area contributed by atoms with Crippen molar-refractivity contribution in [2.75, 3.05) is 26.5 Å². The first kappa shape index (κ1) is 26.9. The molecule has 4 rings (SSSR count). The van der Waals surface area contributed by atoms with Crippen molar-refractivity contribution in [1.82, 2.24) is 14.7 Å². The van der Waals surface area contributed by atoms with Gasteiger partial charge in [0.25, 0.3) is 17.1 Å². The molecule has 1 aromatic carbocycles. The van der Waals surface area contributed by atoms with Gasteiger partial charge < -0.3 is 30.4 Å². The van der Waals surface area contributed by atoms with Crippen LogP contribution in [-0.2, 0) is 17.8 Å². The smallest absolute Gasteiger partial charge is 0.278 e. The van der Waals surface area contributed by atoms with E-state index in [0.29, 0.717) is 47.7 Å². The van der Waals surface area contributed by atoms with Gasteiger partial charge in [-0.2, -0.15) is 0 Å². The number of rotatable bonds is 7. The van der Waals surface area contributed by atoms with E-state index in [-0.39, 0.29) is 22.8 Å². The number of aryl methyl sites for hydroxylation is 1. The molecular weight excluding hydrogens is 478 g/mol. The predicted molar refractivity (Wildman–Crippen MR) is 136 cm³/mol. The predicted octanol–water partition coefficient (Wildman–Crippen LogP) is 0.483. The second-order valence-electron chi connectivity index (χ2n) is 7.96. The topological polar surface area (TPSA) is 152 Å². The molecule has 0 saturated heterocycles. The van der Waals surface area contributed by atoms with Crippen LogP contribution in [0.5, 0.6) is 11.5 Å². The summed E-state index contributed by atoms with van der Waals surface area (Å²) >= 11 is 0. The zero-order valence-corrected chi connectivity index (χ0v) is 21.1. The largest absolute Gasteiger partial charge is 0.550 e. The number of methoxy groups -OCH3 is 2. The molecule has 3 heterocycles. The number of aromatic nitrogens is 3. The van der Waals surface area contributed by atoms with E-state index in [2.05, 4.69) is 10.3 Å². The number of aliphatic carboxylic acids is 1. The Hall–Kier alpha value is -4.67. The Bertz CT molecular complexity index is 1510. The highest BCUT2D eigenvalue weighted by molar-refractivity contribution is 6.00. The number of hydrogen-bond donors (Lipinski definition) is 2. The number of benzene rings is 1. The number of anilines is 1. The Morgan fingerprint density at radius 1 is 1.14 bits per heavy atom. The quantitative estimate of drug-likeness (QED) is 0.271. The van der Waals surface area contributed by atoms with Gasteiger partial charge in [0.1, 0.15) is 10.9 Å². The SMILES string of the molecule is CC(=O)[O-].CC[n+]1c(N)c(C(=O)NCCc2ccc(OC)c(OC)c2)cc2c(=O)n3ccccc3nc21. The van der Waals surface area contributed by atoms with Crippen molar-refractivity contribution >= 4 is 34.4 Å². The molecule has 0 bridgehead atoms. The summed E-state index contributed by atoms with van der Waals surface area (Å²) < 4.78 is 13.7. The van der Waals surface area contributed by atoms with Crippen LogP contribution in [0.1, 0.15) is 29.8 Å². The maximum Gasteiger partial charge on any atom is 0.278 e. The maximum absolute atomic E-state index is 13.1. The summed E-state index contributed by atoms with van der Waals surface area (Å²) in [6.45, 7) is 3.71. The minimum atomic E-state index is -1.08. The van der Waals surface area contributed by atoms with Crippen molar-refractivity contribution in [2.24, 2.45) is 0 Å². The van der Waals surface area contributed by atoms with Gasteiger partial charge in [0.15, 0.2) is 11.5 Å². The molecule has 0 aliphatic heterocycles. The summed E-state index contributed by atoms with van der Waals surface area (Å²) in [6, 6.07) is 12.5. The number of nitrogens with one attached hydrogen (secondary N) is 1. The van der Waals surface area contributed by atoms with Crippen molar-refractivity contribution in [3.8, 4) is 11.5 Å². The number of carboxylic acid groups (broad SMARTS) is 1. The van der Waals surface area contributed by atoms with E-state index in [9.17, 15) is 9.59 Å². The number of nitrogen functional groups attached to an aromatic ring is 1. The second-order valence-corrected chi connectivity index (χ2v) is 7.96. The van der Waals surface area contributed by atoms with Gasteiger partial charge in [-0.3, -0.25) is 14.0 Å². The Morgan fingerprint density at radius 2 is 1.84 bits per heavy atom. The van der Waals surface area contributed by atoms with Crippen LogP contribution in [0, 0.1) is 0 Å². The molecule has 11 heteroatoms. The molecule has 0 saturated carbocycles. The van der Waals surface area contributed by atoms with Gasteiger partial charge in [-0.05, 0) is 56.2 Å². The first-order valence-electron chi connectivity index (χ1n) is 11.5. The lowest BCUT2D eigenvalue weighted by atomic mass is 10.1. The lowest BCUT2D eigenvalue weighted by Gasteiger charge is -2.12. The van der Waals surface area contributed by atoms with Crippen LogP contribution in [0.15, 0.2) is 53.5 Å². The molecule has 0 spiro atoms. The number of carbonyl (C=O) groups excluding carboxylic acids is 2. The zero-order valence-electron chi connectivity index (χ0n) is 21.1. The normalized spacial score (nSPS) is 10.5. The lowest BCUT2D eigenvalue weighted by molar-refractivity contribution is -0.655. The molecule has 3 aromatic heterocycles. The van der Waals surface area contributed by atoms with E-state index in [1.165, 1.54) is 10.5 Å². The molecule has 11 nitrogen and oxygen atoms in total. The third-order valence-electron chi connectivity index (χ3n) is 5.57. The van der Waals surface area contributed by atoms with E-state index >= 15 is 0 Å². The third-order valence-corrected chi connectivity index (χ3v) is 5.57. The van der Waals surface area contributed by atoms with Crippen LogP contribution in [0.3, 0.4) is 0 Å². The summed E-state index contributed by atoms with van der Waals surface area (Å²) in [5.74, 6) is 0.102. The Balaban J connectivity index is 0.000000886. The third kappa shape index (κ3) is 5.95. The number of nitrogens with zero attached hydrogens (tertiary/aromatic N) is 3. The Labute approximate surface area is 213 Å². The number of amides is 1. The minimum absolute atomic E-state index is 0.242. The van der Waals surface area contributed by atoms with Crippen LogP contribution in [-0.4, -0.2) is 42.0 Å². The summed E-state index contributed by atoms with van der Waals surface area (Å²) in [4.78, 5) is 39.5. The molecule has 0 aliphatic rings. The summed E-state index contributed by atoms with van der Waals surface area (Å²) in [5, 5.41) is 12.1. The number of carboxylic acids is 1. The highest BCUT2D eigenvalue weighted by atomic mass is 16.5. The number of carbonyl (C=O) groups is 2. The molecular formula is C26H29N5O6. The first-order chi connectivity index (χ1) is 17.7. The van der Waals surface area contributed by atoms with E-state index in [4.69, 9.17) is 25.1 Å². The summed E-state index contributed by atoms with van der Waals surface area (Å²) in [5.41, 5.74) is 8.27. The molecule has 0 unspecified atom stereocenters. The van der Waals surface area contributed by atoms with Crippen molar-refractivity contribution in [1.29, 1.82) is 0 Å². The number of nitrogens with two attached hydrogens (primary N) is 1. The van der Waals surface area contributed by atoms with Crippen LogP contribution >= 0.6 is 0 Å². The monoisotopic (exact) mass is 507 g/mol. The van der Waals surface area contributed by atoms with Crippen molar-refractivity contribution in [3.63, 3.8) is 0 Å². The van der Waals surface area contributed by atoms with E-state index in [0.717, 1.165) is 12.5 Å². The zero-order chi connectivity index (χ0) is 27.1. The number of pyridine rings is 2. The van der Waals surface area contributed by atoms with Gasteiger partial charge in [-0.15, -0.1) is 0 Å². The second kappa shape index (κ2) is 11.8. The summed E-state index contributed by atoms with van der Waals surface area (Å²) in [6.07, 6.45) is 2.24. The number of ether oxygens (including phenoxy) is 2. The van der Waals surface area contributed by atoms with Crippen LogP contribution in [0.25, 0.3) is 16.7 Å². The molecule has 4 aromatic rings. The van der Waals surface area contributed by atoms with Crippen LogP contribution in [0.2, 0.25) is 0 Å². The van der Waals surface area contributed by atoms with Crippen molar-refractivity contribution < 1.29 is 28.7 Å². The van der Waals surface area contributed by atoms with Gasteiger partial charge in [0.05, 0.1) is 20.8 Å². The fraction of sp³-hybridized carbons (Fsp3) is 0.269. The molecule has 0 atom stereocenters. The van der Waals surface area contributed by atoms with Crippen LogP contribution in [0.4, 0.5) is 5.82 Å². The molecule has 37 heavy (non-hydrogen) atoms. The highest BCUT2D eigenvalue weighted by Crippen LogP contribution is 2.27. The highest BCUT2D eigenvalue weighted by Gasteiger charge is 2.23. The van der Waals surface area contributed by atoms with Gasteiger partial charge in [0, 0.05) is 18.7 Å². The summed E-state index contributed by atoms with van der Waals surface area (Å²) in [7, 11) is 3.16. The van der Waals surface area contributed by atoms with Gasteiger partial charge in [-0.1, -0.05) is 17.1 Å². The Kier molecular flexibility index (Phi) is 8.62. The number of fused-ring (bicyclic) bond motifs is 2. The standard InChI is InChI=1S/C24H25N5O4.C2H4O2/c1-4-28-21(25)16(14-17-22(28)27-20-7-5-6-12-29(20)24(17)31)23(30)26-11-10-15-8-9-18(32-2)19(13-15)33-3;1-2(3)4/h5-9,12-14,25H,4,10-11H2,1-3H3,(H,26,30);1H3,(H,3,4). The van der Waals surface area contributed by atoms with Gasteiger partial charge >= 0.3 is 0 Å². The molecule has 1 amide bonds. The average Bonchev–Trinajstić information content (AvgIpc) is 2.88. The molecule has 0 radical (unpaired) electrons. The van der Waals surface area contributed by atoms with E-state index in [1.807, 2.05) is 31.2 Å². The molecule has 0 fully saturated rings. The van der Waals surface area contributed by atoms with E-state index < -0.39 is 5.97 Å². The molecule has 0 aliphatic carbocycles. The van der Waals surface area contributed by atoms with Gasteiger partial charge in [-0.25, -0.2) is 4.57 Å². The Morgan fingerprint density at radius 3 is 2.49 bits per heavy atom. The maximum atomic E-state index is 13.1. The first-order valence-corrected chi connectivity index (χ1v) is 11.5. The van der Waals surface area contributed by atoms with Crippen molar-refractivity contribution in [3.05, 3.63) is 70.1 Å². The van der Waals surface area contributed by atoms with Crippen LogP contribution < -0.4 is 35.8 Å². The van der Waals surface area contributed by atoms with E-state index in [1.54, 1.807) is 37.1 Å². The lowest BCUT2D eigenvalue weighted by Crippen LogP contribution is -2.42. The molecule has 3 N–H and O–H groups in total. The average molecular weight is 508 g/mol. The number of hydrogen-bond acceptors (Lipinski definition) is 8. The minimum Gasteiger partial charge on any atom is -0.550 e. The fourth-order valence-electron chi connectivity index (χ4n) is 3.85. The van der Waals surface area contributed by atoms with Crippen molar-refractivity contribution in [2.45, 2.75) is 26.8 Å². The molecule has 194 valence electrons. The van der Waals surface area contributed by atoms with Gasteiger partial charge in [0.2, 0.25) is 11.5 Å².